The highest BCUT2D eigenvalue weighted by Crippen LogP contribution is 2.17. The topological polar surface area (TPSA) is 37.3 Å². The van der Waals surface area contributed by atoms with Crippen LogP contribution in [0.1, 0.15) is 13.8 Å². The van der Waals surface area contributed by atoms with Crippen molar-refractivity contribution in [2.24, 2.45) is 0 Å². The van der Waals surface area contributed by atoms with Crippen molar-refractivity contribution >= 4 is 16.3 Å². The second-order valence-electron chi connectivity index (χ2n) is 1.14. The lowest BCUT2D eigenvalue weighted by atomic mass is 10.9. The zero-order valence-electron chi connectivity index (χ0n) is 4.47. The van der Waals surface area contributed by atoms with Crippen molar-refractivity contribution < 1.29 is 9.35 Å². The summed E-state index contributed by atoms with van der Waals surface area (Å²) in [4.78, 5) is 10.1. The molecule has 0 fully saturated rings. The van der Waals surface area contributed by atoms with Crippen LogP contribution in [-0.2, 0) is 4.79 Å². The van der Waals surface area contributed by atoms with Crippen molar-refractivity contribution in [3.8, 4) is 0 Å². The first-order chi connectivity index (χ1) is 3.18. The summed E-state index contributed by atoms with van der Waals surface area (Å²) in [5.74, 6) is 0.551. The zero-order chi connectivity index (χ0) is 5.86. The maximum absolute atomic E-state index is 10.1. The summed E-state index contributed by atoms with van der Waals surface area (Å²) in [5, 5.41) is -0.123. The van der Waals surface area contributed by atoms with E-state index in [4.69, 9.17) is 4.55 Å². The number of hydrogen-bond acceptors (Lipinski definition) is 2. The third kappa shape index (κ3) is 2.65. The van der Waals surface area contributed by atoms with Crippen LogP contribution in [0.3, 0.4) is 0 Å². The maximum Gasteiger partial charge on any atom is 0.200 e. The van der Waals surface area contributed by atoms with Crippen LogP contribution < -0.4 is 0 Å². The highest BCUT2D eigenvalue weighted by molar-refractivity contribution is 8.25. The monoisotopic (exact) mass is 121 g/mol. The quantitative estimate of drug-likeness (QED) is 0.567. The lowest BCUT2D eigenvalue weighted by Gasteiger charge is -2.00. The summed E-state index contributed by atoms with van der Waals surface area (Å²) in [6, 6.07) is 0. The van der Waals surface area contributed by atoms with E-state index >= 15 is 0 Å². The molecule has 0 rings (SSSR count). The minimum atomic E-state index is -0.968. The second-order valence-corrected chi connectivity index (χ2v) is 3.03. The minimum absolute atomic E-state index is 0.123. The summed E-state index contributed by atoms with van der Waals surface area (Å²) in [6.45, 7) is 3.18. The van der Waals surface area contributed by atoms with Crippen molar-refractivity contribution in [1.29, 1.82) is 0 Å². The van der Waals surface area contributed by atoms with E-state index in [-0.39, 0.29) is 5.12 Å². The minimum Gasteiger partial charge on any atom is -0.334 e. The molecule has 0 aliphatic carbocycles. The Kier molecular flexibility index (Phi) is 3.04. The van der Waals surface area contributed by atoms with Gasteiger partial charge < -0.3 is 4.55 Å². The summed E-state index contributed by atoms with van der Waals surface area (Å²) in [6.07, 6.45) is 0. The maximum atomic E-state index is 10.1. The third-order valence-corrected chi connectivity index (χ3v) is 1.82. The highest BCUT2D eigenvalue weighted by atomic mass is 32.2. The van der Waals surface area contributed by atoms with Gasteiger partial charge in [-0.1, -0.05) is 6.92 Å². The van der Waals surface area contributed by atoms with Crippen LogP contribution in [0.2, 0.25) is 0 Å². The Morgan fingerprint density at radius 3 is 2.29 bits per heavy atom. The van der Waals surface area contributed by atoms with Crippen molar-refractivity contribution in [2.45, 2.75) is 13.8 Å². The first-order valence-corrected chi connectivity index (χ1v) is 3.44. The van der Waals surface area contributed by atoms with E-state index in [0.717, 1.165) is 0 Å². The van der Waals surface area contributed by atoms with Crippen molar-refractivity contribution in [2.75, 3.05) is 5.75 Å². The second kappa shape index (κ2) is 3.04. The zero-order valence-corrected chi connectivity index (χ0v) is 5.29. The summed E-state index contributed by atoms with van der Waals surface area (Å²) >= 11 is -0.968. The van der Waals surface area contributed by atoms with Gasteiger partial charge in [0.15, 0.2) is 0 Å². The van der Waals surface area contributed by atoms with Crippen LogP contribution in [0.15, 0.2) is 0 Å². The van der Waals surface area contributed by atoms with Crippen LogP contribution in [0.4, 0.5) is 0 Å². The van der Waals surface area contributed by atoms with Gasteiger partial charge >= 0.3 is 0 Å². The van der Waals surface area contributed by atoms with Gasteiger partial charge in [-0.25, -0.2) is 0 Å². The molecule has 0 saturated carbocycles. The van der Waals surface area contributed by atoms with Gasteiger partial charge in [0.1, 0.15) is 0 Å². The molecule has 0 saturated heterocycles. The lowest BCUT2D eigenvalue weighted by molar-refractivity contribution is -0.109. The Morgan fingerprint density at radius 1 is 1.86 bits per heavy atom. The van der Waals surface area contributed by atoms with Crippen LogP contribution in [0.5, 0.6) is 0 Å². The largest absolute Gasteiger partial charge is 0.334 e. The van der Waals surface area contributed by atoms with Crippen molar-refractivity contribution in [3.05, 3.63) is 0 Å². The predicted molar refractivity (Wildman–Crippen MR) is 31.4 cm³/mol. The lowest BCUT2D eigenvalue weighted by Crippen LogP contribution is -1.92. The normalized spacial score (nSPS) is 9.71. The molecule has 0 atom stereocenters. The summed E-state index contributed by atoms with van der Waals surface area (Å²) < 4.78 is 8.61. The SMILES string of the molecule is CC[S](O)C(C)=O. The van der Waals surface area contributed by atoms with Crippen molar-refractivity contribution in [1.82, 2.24) is 0 Å². The number of rotatable bonds is 1. The van der Waals surface area contributed by atoms with Gasteiger partial charge in [-0.2, -0.15) is 0 Å². The fraction of sp³-hybridized carbons (Fsp3) is 0.750. The first kappa shape index (κ1) is 6.98. The van der Waals surface area contributed by atoms with E-state index in [1.807, 2.05) is 0 Å². The third-order valence-electron chi connectivity index (χ3n) is 0.605. The summed E-state index contributed by atoms with van der Waals surface area (Å²) in [7, 11) is 0. The fourth-order valence-corrected chi connectivity index (χ4v) is 0.610. The molecule has 0 aromatic rings. The number of hydrogen-bond donors (Lipinski definition) is 1. The van der Waals surface area contributed by atoms with Gasteiger partial charge in [0.2, 0.25) is 5.12 Å². The molecule has 3 heteroatoms. The molecule has 43 valence electrons. The van der Waals surface area contributed by atoms with Gasteiger partial charge in [-0.05, 0) is 11.2 Å². The molecule has 0 unspecified atom stereocenters. The van der Waals surface area contributed by atoms with Gasteiger partial charge in [0.05, 0.1) is 0 Å². The smallest absolute Gasteiger partial charge is 0.200 e. The number of carbonyl (C=O) groups is 1. The molecule has 0 aromatic heterocycles. The molecule has 0 spiro atoms. The summed E-state index contributed by atoms with van der Waals surface area (Å²) in [5.41, 5.74) is 0. The molecule has 0 aliphatic heterocycles. The molecule has 1 radical (unpaired) electrons. The molecular weight excluding hydrogens is 112 g/mol. The average Bonchev–Trinajstić information content (AvgIpc) is 1.65. The van der Waals surface area contributed by atoms with E-state index in [2.05, 4.69) is 0 Å². The Labute approximate surface area is 46.1 Å². The Bertz CT molecular complexity index is 72.1. The molecular formula is C4H9O2S. The Morgan fingerprint density at radius 2 is 2.29 bits per heavy atom. The molecule has 0 heterocycles. The van der Waals surface area contributed by atoms with E-state index < -0.39 is 11.2 Å². The van der Waals surface area contributed by atoms with Crippen LogP contribution >= 0.6 is 11.2 Å². The van der Waals surface area contributed by atoms with Crippen LogP contribution in [-0.4, -0.2) is 15.4 Å². The van der Waals surface area contributed by atoms with E-state index in [9.17, 15) is 4.79 Å². The average molecular weight is 121 g/mol. The van der Waals surface area contributed by atoms with Crippen LogP contribution in [0.25, 0.3) is 0 Å². The van der Waals surface area contributed by atoms with Gasteiger partial charge in [-0.3, -0.25) is 4.79 Å². The standard InChI is InChI=1S/C4H9O2S/c1-3-7(6)4(2)5/h6H,3H2,1-2H3. The van der Waals surface area contributed by atoms with Crippen LogP contribution in [0, 0.1) is 0 Å². The first-order valence-electron chi connectivity index (χ1n) is 2.09. The van der Waals surface area contributed by atoms with Gasteiger partial charge in [0, 0.05) is 12.7 Å². The predicted octanol–water partition coefficient (Wildman–Crippen LogP) is 1.29. The van der Waals surface area contributed by atoms with Gasteiger partial charge in [0.25, 0.3) is 0 Å². The molecule has 1 N–H and O–H groups in total. The molecule has 2 nitrogen and oxygen atoms in total. The molecule has 0 amide bonds. The van der Waals surface area contributed by atoms with E-state index in [0.29, 0.717) is 5.75 Å². The molecule has 0 aliphatic rings. The van der Waals surface area contributed by atoms with Crippen molar-refractivity contribution in [3.63, 3.8) is 0 Å². The molecule has 0 aromatic carbocycles. The number of carbonyl (C=O) groups excluding carboxylic acids is 1. The molecule has 7 heavy (non-hydrogen) atoms. The van der Waals surface area contributed by atoms with E-state index in [1.54, 1.807) is 6.92 Å². The van der Waals surface area contributed by atoms with E-state index in [1.165, 1.54) is 6.92 Å². The Balaban J connectivity index is 3.34. The highest BCUT2D eigenvalue weighted by Gasteiger charge is 2.00. The van der Waals surface area contributed by atoms with Gasteiger partial charge in [-0.15, -0.1) is 0 Å². The fourth-order valence-electron chi connectivity index (χ4n) is 0.203. The Hall–Kier alpha value is -0.0200. The molecule has 0 bridgehead atoms.